The number of amides is 1. The lowest BCUT2D eigenvalue weighted by molar-refractivity contribution is 0.0952. The number of piperidine rings is 1. The first-order chi connectivity index (χ1) is 15.2. The van der Waals surface area contributed by atoms with Gasteiger partial charge < -0.3 is 15.0 Å². The van der Waals surface area contributed by atoms with Crippen LogP contribution in [-0.2, 0) is 6.54 Å². The highest BCUT2D eigenvalue weighted by Gasteiger charge is 2.20. The van der Waals surface area contributed by atoms with Crippen molar-refractivity contribution in [2.45, 2.75) is 37.9 Å². The van der Waals surface area contributed by atoms with Gasteiger partial charge in [0.15, 0.2) is 10.8 Å². The summed E-state index contributed by atoms with van der Waals surface area (Å²) in [7, 11) is 1.61. The Hall–Kier alpha value is -2.81. The van der Waals surface area contributed by atoms with E-state index in [1.54, 1.807) is 43.1 Å². The van der Waals surface area contributed by atoms with Gasteiger partial charge in [-0.05, 0) is 49.3 Å². The van der Waals surface area contributed by atoms with E-state index in [2.05, 4.69) is 22.2 Å². The van der Waals surface area contributed by atoms with Gasteiger partial charge in [-0.2, -0.15) is 5.10 Å². The largest absolute Gasteiger partial charge is 0.497 e. The number of fused-ring (bicyclic) bond motifs is 1. The normalized spacial score (nSPS) is 14.1. The van der Waals surface area contributed by atoms with Gasteiger partial charge in [0.25, 0.3) is 5.91 Å². The predicted molar refractivity (Wildman–Crippen MR) is 123 cm³/mol. The molecule has 3 heterocycles. The smallest absolute Gasteiger partial charge is 0.251 e. The molecule has 1 saturated heterocycles. The second-order valence-electron chi connectivity index (χ2n) is 7.40. The molecule has 1 aliphatic heterocycles. The van der Waals surface area contributed by atoms with Crippen molar-refractivity contribution < 1.29 is 9.53 Å². The number of hydrogen-bond acceptors (Lipinski definition) is 7. The molecule has 0 saturated carbocycles. The molecule has 0 radical (unpaired) electrons. The van der Waals surface area contributed by atoms with E-state index >= 15 is 0 Å². The monoisotopic (exact) mass is 440 g/mol. The summed E-state index contributed by atoms with van der Waals surface area (Å²) in [6.45, 7) is 5.14. The Kier molecular flexibility index (Phi) is 6.91. The number of rotatable bonds is 8. The summed E-state index contributed by atoms with van der Waals surface area (Å²) in [4.78, 5) is 24.4. The van der Waals surface area contributed by atoms with Crippen LogP contribution in [0, 0.1) is 0 Å². The Morgan fingerprint density at radius 3 is 2.65 bits per heavy atom. The van der Waals surface area contributed by atoms with E-state index in [9.17, 15) is 4.79 Å². The maximum atomic E-state index is 12.4. The molecule has 0 spiro atoms. The minimum absolute atomic E-state index is 0.120. The topological polar surface area (TPSA) is 85.2 Å². The quantitative estimate of drug-likeness (QED) is 0.425. The lowest BCUT2D eigenvalue weighted by Gasteiger charge is -2.28. The Morgan fingerprint density at radius 1 is 1.16 bits per heavy atom. The molecule has 0 unspecified atom stereocenters. The zero-order chi connectivity index (χ0) is 21.6. The molecular formula is C22H28N6O2S. The molecular weight excluding hydrogens is 412 g/mol. The average molecular weight is 441 g/mol. The number of thioether (sulfide) groups is 1. The van der Waals surface area contributed by atoms with Gasteiger partial charge in [0.2, 0.25) is 0 Å². The van der Waals surface area contributed by atoms with Crippen molar-refractivity contribution in [2.75, 3.05) is 37.4 Å². The van der Waals surface area contributed by atoms with Gasteiger partial charge in [-0.15, -0.1) is 0 Å². The second kappa shape index (κ2) is 10.00. The van der Waals surface area contributed by atoms with Gasteiger partial charge in [-0.1, -0.05) is 18.7 Å². The molecule has 1 aliphatic rings. The van der Waals surface area contributed by atoms with Crippen molar-refractivity contribution in [3.05, 3.63) is 36.0 Å². The fourth-order valence-corrected chi connectivity index (χ4v) is 4.31. The van der Waals surface area contributed by atoms with Crippen LogP contribution in [0.3, 0.4) is 0 Å². The van der Waals surface area contributed by atoms with Crippen molar-refractivity contribution in [3.63, 3.8) is 0 Å². The average Bonchev–Trinajstić information content (AvgIpc) is 3.22. The molecule has 1 fully saturated rings. The van der Waals surface area contributed by atoms with E-state index in [1.165, 1.54) is 19.3 Å². The van der Waals surface area contributed by atoms with Gasteiger partial charge in [0.1, 0.15) is 11.6 Å². The van der Waals surface area contributed by atoms with Crippen LogP contribution in [0.2, 0.25) is 0 Å². The minimum Gasteiger partial charge on any atom is -0.497 e. The van der Waals surface area contributed by atoms with Crippen molar-refractivity contribution in [2.24, 2.45) is 0 Å². The Labute approximate surface area is 186 Å². The maximum absolute atomic E-state index is 12.4. The fourth-order valence-electron chi connectivity index (χ4n) is 3.74. The lowest BCUT2D eigenvalue weighted by atomic mass is 10.1. The molecule has 0 atom stereocenters. The number of methoxy groups -OCH3 is 1. The summed E-state index contributed by atoms with van der Waals surface area (Å²) in [5.41, 5.74) is 1.42. The van der Waals surface area contributed by atoms with E-state index in [-0.39, 0.29) is 5.91 Å². The number of ether oxygens (including phenoxy) is 1. The standard InChI is InChI=1S/C22H28N6O2S/c1-3-31-22-25-19(27-12-5-4-6-13-27)18-15-24-28(20(18)26-22)14-11-23-21(29)16-7-9-17(30-2)10-8-16/h7-10,15H,3-6,11-14H2,1-2H3,(H,23,29). The van der Waals surface area contributed by atoms with E-state index in [0.717, 1.165) is 46.6 Å². The van der Waals surface area contributed by atoms with Crippen molar-refractivity contribution in [1.29, 1.82) is 0 Å². The summed E-state index contributed by atoms with van der Waals surface area (Å²) in [6.07, 6.45) is 5.50. The van der Waals surface area contributed by atoms with E-state index in [0.29, 0.717) is 18.7 Å². The summed E-state index contributed by atoms with van der Waals surface area (Å²) in [5, 5.41) is 9.27. The van der Waals surface area contributed by atoms with Gasteiger partial charge in [-0.3, -0.25) is 4.79 Å². The zero-order valence-electron chi connectivity index (χ0n) is 18.0. The van der Waals surface area contributed by atoms with Gasteiger partial charge in [0, 0.05) is 25.2 Å². The number of aromatic nitrogens is 4. The first-order valence-corrected chi connectivity index (χ1v) is 11.7. The summed E-state index contributed by atoms with van der Waals surface area (Å²) < 4.78 is 7.00. The van der Waals surface area contributed by atoms with Crippen LogP contribution in [0.15, 0.2) is 35.6 Å². The first-order valence-electron chi connectivity index (χ1n) is 10.7. The molecule has 31 heavy (non-hydrogen) atoms. The van der Waals surface area contributed by atoms with Crippen LogP contribution in [0.25, 0.3) is 11.0 Å². The molecule has 3 aromatic rings. The van der Waals surface area contributed by atoms with Crippen LogP contribution < -0.4 is 15.0 Å². The molecule has 4 rings (SSSR count). The van der Waals surface area contributed by atoms with E-state index in [1.807, 2.05) is 10.9 Å². The van der Waals surface area contributed by atoms with Gasteiger partial charge in [0.05, 0.1) is 25.2 Å². The SMILES string of the molecule is CCSc1nc(N2CCCCC2)c2cnn(CCNC(=O)c3ccc(OC)cc3)c2n1. The molecule has 1 amide bonds. The van der Waals surface area contributed by atoms with Crippen LogP contribution in [0.4, 0.5) is 5.82 Å². The molecule has 0 bridgehead atoms. The van der Waals surface area contributed by atoms with Gasteiger partial charge >= 0.3 is 0 Å². The summed E-state index contributed by atoms with van der Waals surface area (Å²) in [6, 6.07) is 7.07. The maximum Gasteiger partial charge on any atom is 0.251 e. The number of hydrogen-bond donors (Lipinski definition) is 1. The summed E-state index contributed by atoms with van der Waals surface area (Å²) in [5.74, 6) is 2.50. The number of nitrogens with zero attached hydrogens (tertiary/aromatic N) is 5. The molecule has 1 aromatic carbocycles. The van der Waals surface area contributed by atoms with Crippen molar-refractivity contribution in [1.82, 2.24) is 25.1 Å². The second-order valence-corrected chi connectivity index (χ2v) is 8.63. The molecule has 2 aromatic heterocycles. The fraction of sp³-hybridized carbons (Fsp3) is 0.455. The molecule has 9 heteroatoms. The molecule has 8 nitrogen and oxygen atoms in total. The Morgan fingerprint density at radius 2 is 1.94 bits per heavy atom. The predicted octanol–water partition coefficient (Wildman–Crippen LogP) is 3.37. The Bertz CT molecular complexity index is 1030. The lowest BCUT2D eigenvalue weighted by Crippen LogP contribution is -2.30. The van der Waals surface area contributed by atoms with Crippen molar-refractivity contribution in [3.8, 4) is 5.75 Å². The van der Waals surface area contributed by atoms with Gasteiger partial charge in [-0.25, -0.2) is 14.6 Å². The molecule has 164 valence electrons. The van der Waals surface area contributed by atoms with E-state index < -0.39 is 0 Å². The van der Waals surface area contributed by atoms with Crippen molar-refractivity contribution >= 4 is 34.5 Å². The number of anilines is 1. The zero-order valence-corrected chi connectivity index (χ0v) is 18.8. The Balaban J connectivity index is 1.49. The number of carbonyl (C=O) groups is 1. The molecule has 0 aliphatic carbocycles. The highest BCUT2D eigenvalue weighted by molar-refractivity contribution is 7.99. The van der Waals surface area contributed by atoms with E-state index in [4.69, 9.17) is 14.7 Å². The highest BCUT2D eigenvalue weighted by atomic mass is 32.2. The van der Waals surface area contributed by atoms with Crippen LogP contribution in [0.5, 0.6) is 5.75 Å². The number of benzene rings is 1. The van der Waals surface area contributed by atoms with Crippen LogP contribution in [0.1, 0.15) is 36.5 Å². The highest BCUT2D eigenvalue weighted by Crippen LogP contribution is 2.29. The first kappa shape index (κ1) is 21.4. The number of nitrogens with one attached hydrogen (secondary N) is 1. The molecule has 1 N–H and O–H groups in total. The van der Waals surface area contributed by atoms with Crippen LogP contribution >= 0.6 is 11.8 Å². The van der Waals surface area contributed by atoms with Crippen LogP contribution in [-0.4, -0.2) is 58.2 Å². The summed E-state index contributed by atoms with van der Waals surface area (Å²) >= 11 is 1.64. The third-order valence-corrected chi connectivity index (χ3v) is 6.08. The third-order valence-electron chi connectivity index (χ3n) is 5.35. The third kappa shape index (κ3) is 4.92. The number of carbonyl (C=O) groups excluding carboxylic acids is 1. The minimum atomic E-state index is -0.120.